The summed E-state index contributed by atoms with van der Waals surface area (Å²) in [7, 11) is 0. The van der Waals surface area contributed by atoms with E-state index in [4.69, 9.17) is 4.74 Å². The van der Waals surface area contributed by atoms with E-state index in [0.717, 1.165) is 24.0 Å². The molecule has 258 valence electrons. The summed E-state index contributed by atoms with van der Waals surface area (Å²) in [5.41, 5.74) is 1.62. The molecule has 47 heavy (non-hydrogen) atoms. The number of aliphatic hydroxyl groups excluding tert-OH is 1. The monoisotopic (exact) mass is 658 g/mol. The number of alkyl carbamates (subject to hydrolysis) is 1. The third-order valence-corrected chi connectivity index (χ3v) is 8.40. The van der Waals surface area contributed by atoms with Crippen LogP contribution >= 0.6 is 0 Å². The van der Waals surface area contributed by atoms with Crippen molar-refractivity contribution in [3.63, 3.8) is 0 Å². The molecule has 1 fully saturated rings. The maximum Gasteiger partial charge on any atom is 0.408 e. The van der Waals surface area contributed by atoms with Gasteiger partial charge in [0.15, 0.2) is 0 Å². The maximum atomic E-state index is 15.5. The summed E-state index contributed by atoms with van der Waals surface area (Å²) in [6.45, 7) is 6.03. The Hall–Kier alpha value is -4.06. The van der Waals surface area contributed by atoms with Gasteiger partial charge in [0.25, 0.3) is 5.91 Å². The standard InChI is InChI=1S/C35H48F2N4O6/c1-23(2)29(40-34(46)47-22-26-15-9-6-10-16-26)32(44)39-21-28(42)41(27-17-11-12-18-27)30(24(3)4)31(43)35(36,37)33(45)38-20-19-25-13-7-5-8-14-25/h5-10,13-16,23-24,27,29-31,43H,11-12,17-22H2,1-4H3,(H,38,45)(H,39,44)(H,40,46)/t29-,30?,31?/m0/s1. The van der Waals surface area contributed by atoms with Gasteiger partial charge in [-0.2, -0.15) is 8.78 Å². The van der Waals surface area contributed by atoms with Gasteiger partial charge in [0, 0.05) is 12.6 Å². The van der Waals surface area contributed by atoms with E-state index < -0.39 is 66.4 Å². The molecule has 0 aromatic heterocycles. The first-order valence-corrected chi connectivity index (χ1v) is 16.3. The number of alkyl halides is 2. The molecule has 1 aliphatic rings. The Morgan fingerprint density at radius 1 is 0.894 bits per heavy atom. The van der Waals surface area contributed by atoms with E-state index >= 15 is 8.78 Å². The number of hydrogen-bond acceptors (Lipinski definition) is 6. The lowest BCUT2D eigenvalue weighted by atomic mass is 9.90. The second-order valence-electron chi connectivity index (χ2n) is 12.7. The van der Waals surface area contributed by atoms with Gasteiger partial charge in [-0.05, 0) is 42.2 Å². The van der Waals surface area contributed by atoms with Crippen molar-refractivity contribution in [2.24, 2.45) is 11.8 Å². The van der Waals surface area contributed by atoms with Crippen LogP contribution in [0.15, 0.2) is 60.7 Å². The lowest BCUT2D eigenvalue weighted by molar-refractivity contribution is -0.180. The molecule has 4 N–H and O–H groups in total. The molecular weight excluding hydrogens is 610 g/mol. The number of aliphatic hydroxyl groups is 1. The highest BCUT2D eigenvalue weighted by atomic mass is 19.3. The first-order chi connectivity index (χ1) is 22.3. The summed E-state index contributed by atoms with van der Waals surface area (Å²) in [6.07, 6.45) is -0.374. The summed E-state index contributed by atoms with van der Waals surface area (Å²) < 4.78 is 36.3. The maximum absolute atomic E-state index is 15.5. The van der Waals surface area contributed by atoms with Crippen LogP contribution in [0.2, 0.25) is 0 Å². The smallest absolute Gasteiger partial charge is 0.408 e. The molecule has 0 saturated heterocycles. The molecule has 4 amide bonds. The Morgan fingerprint density at radius 2 is 1.47 bits per heavy atom. The summed E-state index contributed by atoms with van der Waals surface area (Å²) in [6, 6.07) is 15.2. The topological polar surface area (TPSA) is 137 Å². The Kier molecular flexibility index (Phi) is 14.1. The molecule has 0 bridgehead atoms. The largest absolute Gasteiger partial charge is 0.445 e. The van der Waals surface area contributed by atoms with Crippen molar-refractivity contribution in [3.8, 4) is 0 Å². The van der Waals surface area contributed by atoms with Gasteiger partial charge in [-0.15, -0.1) is 0 Å². The van der Waals surface area contributed by atoms with Crippen LogP contribution in [0.25, 0.3) is 0 Å². The van der Waals surface area contributed by atoms with Crippen molar-refractivity contribution in [1.29, 1.82) is 0 Å². The Morgan fingerprint density at radius 3 is 2.02 bits per heavy atom. The molecule has 3 atom stereocenters. The normalized spacial score (nSPS) is 15.5. The zero-order chi connectivity index (χ0) is 34.6. The summed E-state index contributed by atoms with van der Waals surface area (Å²) in [5.74, 6) is -8.16. The van der Waals surface area contributed by atoms with Crippen molar-refractivity contribution in [2.45, 2.75) is 96.6 Å². The molecule has 1 saturated carbocycles. The molecule has 0 heterocycles. The molecule has 12 heteroatoms. The minimum absolute atomic E-state index is 0.00252. The van der Waals surface area contributed by atoms with Crippen molar-refractivity contribution in [1.82, 2.24) is 20.9 Å². The van der Waals surface area contributed by atoms with Crippen LogP contribution in [0, 0.1) is 11.8 Å². The van der Waals surface area contributed by atoms with E-state index in [0.29, 0.717) is 19.3 Å². The van der Waals surface area contributed by atoms with Crippen LogP contribution < -0.4 is 16.0 Å². The number of ether oxygens (including phenoxy) is 1. The van der Waals surface area contributed by atoms with Crippen LogP contribution in [0.3, 0.4) is 0 Å². The first kappa shape index (κ1) is 37.4. The number of rotatable bonds is 16. The highest BCUT2D eigenvalue weighted by Crippen LogP contribution is 2.33. The van der Waals surface area contributed by atoms with E-state index in [1.807, 2.05) is 24.3 Å². The molecule has 2 unspecified atom stereocenters. The van der Waals surface area contributed by atoms with Gasteiger partial charge in [0.05, 0.1) is 12.6 Å². The molecule has 2 aromatic carbocycles. The third kappa shape index (κ3) is 10.7. The van der Waals surface area contributed by atoms with Crippen molar-refractivity contribution >= 4 is 23.8 Å². The number of hydrogen-bond donors (Lipinski definition) is 4. The highest BCUT2D eigenvalue weighted by molar-refractivity contribution is 5.90. The fraction of sp³-hybridized carbons (Fsp3) is 0.543. The van der Waals surface area contributed by atoms with E-state index in [1.165, 1.54) is 4.90 Å². The quantitative estimate of drug-likeness (QED) is 0.214. The van der Waals surface area contributed by atoms with E-state index in [9.17, 15) is 24.3 Å². The molecule has 10 nitrogen and oxygen atoms in total. The van der Waals surface area contributed by atoms with Crippen LogP contribution in [0.4, 0.5) is 13.6 Å². The fourth-order valence-corrected chi connectivity index (χ4v) is 5.86. The molecule has 0 radical (unpaired) electrons. The number of halogens is 2. The molecule has 3 rings (SSSR count). The highest BCUT2D eigenvalue weighted by Gasteiger charge is 2.53. The van der Waals surface area contributed by atoms with Gasteiger partial charge in [-0.1, -0.05) is 101 Å². The van der Waals surface area contributed by atoms with Gasteiger partial charge in [0.1, 0.15) is 18.8 Å². The third-order valence-electron chi connectivity index (χ3n) is 8.40. The Balaban J connectivity index is 1.68. The number of nitrogens with one attached hydrogen (secondary N) is 3. The van der Waals surface area contributed by atoms with Gasteiger partial charge < -0.3 is 30.7 Å². The lowest BCUT2D eigenvalue weighted by Gasteiger charge is -2.43. The lowest BCUT2D eigenvalue weighted by Crippen LogP contribution is -2.63. The number of carbonyl (C=O) groups is 4. The molecular formula is C35H48F2N4O6. The molecule has 0 spiro atoms. The van der Waals surface area contributed by atoms with Gasteiger partial charge in [-0.25, -0.2) is 4.79 Å². The zero-order valence-electron chi connectivity index (χ0n) is 27.6. The predicted molar refractivity (Wildman–Crippen MR) is 173 cm³/mol. The average molecular weight is 659 g/mol. The number of amides is 4. The molecule has 0 aliphatic heterocycles. The van der Waals surface area contributed by atoms with Crippen LogP contribution in [0.1, 0.15) is 64.5 Å². The van der Waals surface area contributed by atoms with Crippen molar-refractivity contribution in [2.75, 3.05) is 13.1 Å². The predicted octanol–water partition coefficient (Wildman–Crippen LogP) is 4.20. The van der Waals surface area contributed by atoms with Gasteiger partial charge >= 0.3 is 12.0 Å². The van der Waals surface area contributed by atoms with Gasteiger partial charge in [-0.3, -0.25) is 14.4 Å². The minimum Gasteiger partial charge on any atom is -0.445 e. The van der Waals surface area contributed by atoms with E-state index in [-0.39, 0.29) is 19.1 Å². The van der Waals surface area contributed by atoms with Crippen LogP contribution in [-0.4, -0.2) is 77.1 Å². The second kappa shape index (κ2) is 17.7. The van der Waals surface area contributed by atoms with Crippen LogP contribution in [0.5, 0.6) is 0 Å². The van der Waals surface area contributed by atoms with E-state index in [1.54, 1.807) is 64.1 Å². The van der Waals surface area contributed by atoms with E-state index in [2.05, 4.69) is 16.0 Å². The Labute approximate surface area is 275 Å². The molecule has 2 aromatic rings. The minimum atomic E-state index is -4.20. The second-order valence-corrected chi connectivity index (χ2v) is 12.7. The van der Waals surface area contributed by atoms with Crippen molar-refractivity contribution < 1.29 is 37.8 Å². The van der Waals surface area contributed by atoms with Crippen molar-refractivity contribution in [3.05, 3.63) is 71.8 Å². The van der Waals surface area contributed by atoms with Crippen LogP contribution in [-0.2, 0) is 32.1 Å². The van der Waals surface area contributed by atoms with Gasteiger partial charge in [0.2, 0.25) is 11.8 Å². The number of carbonyl (C=O) groups excluding carboxylic acids is 4. The molecule has 1 aliphatic carbocycles. The summed E-state index contributed by atoms with van der Waals surface area (Å²) >= 11 is 0. The zero-order valence-corrected chi connectivity index (χ0v) is 27.6. The summed E-state index contributed by atoms with van der Waals surface area (Å²) in [4.78, 5) is 53.3. The fourth-order valence-electron chi connectivity index (χ4n) is 5.86. The average Bonchev–Trinajstić information content (AvgIpc) is 3.58. The Bertz CT molecular complexity index is 1310. The number of benzene rings is 2. The number of nitrogens with zero attached hydrogens (tertiary/aromatic N) is 1. The summed E-state index contributed by atoms with van der Waals surface area (Å²) in [5, 5.41) is 18.4. The SMILES string of the molecule is CC(C)C(C(O)C(F)(F)C(=O)NCCc1ccccc1)N(C(=O)CNC(=O)[C@@H](NC(=O)OCc1ccccc1)C(C)C)C1CCCC1. The first-order valence-electron chi connectivity index (χ1n) is 16.3.